The molecule has 7 heteroatoms. The predicted octanol–water partition coefficient (Wildman–Crippen LogP) is 2.42. The molecule has 0 fully saturated rings. The van der Waals surface area contributed by atoms with Gasteiger partial charge in [0.2, 0.25) is 5.82 Å². The summed E-state index contributed by atoms with van der Waals surface area (Å²) < 4.78 is 23.9. The fraction of sp³-hybridized carbons (Fsp3) is 0.154. The SMILES string of the molecule is COc1ccc(Oc2ncnc(C)c2F)c(C(=O)O)c1. The number of carboxylic acids is 1. The van der Waals surface area contributed by atoms with Gasteiger partial charge in [-0.1, -0.05) is 0 Å². The standard InChI is InChI=1S/C13H11FN2O4/c1-7-11(14)12(16-6-15-7)20-10-4-3-8(19-2)5-9(10)13(17)18/h3-6H,1-2H3,(H,17,18). The van der Waals surface area contributed by atoms with Gasteiger partial charge < -0.3 is 14.6 Å². The molecule has 0 saturated carbocycles. The Morgan fingerprint density at radius 3 is 2.75 bits per heavy atom. The van der Waals surface area contributed by atoms with Crippen LogP contribution in [0.4, 0.5) is 4.39 Å². The highest BCUT2D eigenvalue weighted by Crippen LogP contribution is 2.29. The number of benzene rings is 1. The number of ether oxygens (including phenoxy) is 2. The Hall–Kier alpha value is -2.70. The molecule has 0 unspecified atom stereocenters. The molecule has 6 nitrogen and oxygen atoms in total. The number of halogens is 1. The molecule has 0 spiro atoms. The highest BCUT2D eigenvalue weighted by Gasteiger charge is 2.17. The average Bonchev–Trinajstić information content (AvgIpc) is 2.44. The molecule has 104 valence electrons. The van der Waals surface area contributed by atoms with E-state index >= 15 is 0 Å². The van der Waals surface area contributed by atoms with E-state index in [0.29, 0.717) is 5.75 Å². The quantitative estimate of drug-likeness (QED) is 0.924. The van der Waals surface area contributed by atoms with Crippen molar-refractivity contribution in [2.45, 2.75) is 6.92 Å². The van der Waals surface area contributed by atoms with Gasteiger partial charge in [0, 0.05) is 0 Å². The van der Waals surface area contributed by atoms with Crippen LogP contribution in [0.1, 0.15) is 16.1 Å². The second kappa shape index (κ2) is 5.52. The Bertz CT molecular complexity index is 661. The molecule has 0 bridgehead atoms. The summed E-state index contributed by atoms with van der Waals surface area (Å²) in [7, 11) is 1.41. The summed E-state index contributed by atoms with van der Waals surface area (Å²) in [5, 5.41) is 9.13. The number of nitrogens with zero attached hydrogens (tertiary/aromatic N) is 2. The van der Waals surface area contributed by atoms with Crippen molar-refractivity contribution in [2.24, 2.45) is 0 Å². The number of aromatic carboxylic acids is 1. The maximum Gasteiger partial charge on any atom is 0.339 e. The number of carboxylic acid groups (broad SMARTS) is 1. The number of hydrogen-bond donors (Lipinski definition) is 1. The van der Waals surface area contributed by atoms with Crippen molar-refractivity contribution in [3.8, 4) is 17.4 Å². The smallest absolute Gasteiger partial charge is 0.339 e. The van der Waals surface area contributed by atoms with Gasteiger partial charge in [-0.15, -0.1) is 0 Å². The van der Waals surface area contributed by atoms with E-state index in [1.165, 1.54) is 32.2 Å². The average molecular weight is 278 g/mol. The van der Waals surface area contributed by atoms with Crippen LogP contribution >= 0.6 is 0 Å². The molecule has 1 aromatic heterocycles. The van der Waals surface area contributed by atoms with Gasteiger partial charge in [0.05, 0.1) is 12.8 Å². The zero-order valence-electron chi connectivity index (χ0n) is 10.8. The van der Waals surface area contributed by atoms with Crippen molar-refractivity contribution in [2.75, 3.05) is 7.11 Å². The molecule has 20 heavy (non-hydrogen) atoms. The second-order valence-corrected chi connectivity index (χ2v) is 3.85. The molecular formula is C13H11FN2O4. The van der Waals surface area contributed by atoms with E-state index in [-0.39, 0.29) is 22.9 Å². The van der Waals surface area contributed by atoms with Crippen LogP contribution in [0.2, 0.25) is 0 Å². The van der Waals surface area contributed by atoms with Gasteiger partial charge in [0.25, 0.3) is 5.88 Å². The molecule has 0 saturated heterocycles. The Balaban J connectivity index is 2.43. The molecule has 0 aliphatic rings. The lowest BCUT2D eigenvalue weighted by molar-refractivity contribution is 0.0693. The molecule has 1 heterocycles. The van der Waals surface area contributed by atoms with Crippen molar-refractivity contribution < 1.29 is 23.8 Å². The third-order valence-corrected chi connectivity index (χ3v) is 2.56. The van der Waals surface area contributed by atoms with E-state index in [1.54, 1.807) is 0 Å². The Morgan fingerprint density at radius 1 is 1.35 bits per heavy atom. The molecule has 0 aliphatic carbocycles. The van der Waals surface area contributed by atoms with Crippen LogP contribution in [0.5, 0.6) is 17.4 Å². The van der Waals surface area contributed by atoms with Crippen LogP contribution in [0.25, 0.3) is 0 Å². The third kappa shape index (κ3) is 2.66. The van der Waals surface area contributed by atoms with Gasteiger partial charge in [0.1, 0.15) is 23.4 Å². The van der Waals surface area contributed by atoms with Gasteiger partial charge in [0.15, 0.2) is 0 Å². The van der Waals surface area contributed by atoms with E-state index in [0.717, 1.165) is 6.33 Å². The van der Waals surface area contributed by atoms with Crippen molar-refractivity contribution in [1.29, 1.82) is 0 Å². The molecule has 1 N–H and O–H groups in total. The fourth-order valence-electron chi connectivity index (χ4n) is 1.50. The first-order valence-corrected chi connectivity index (χ1v) is 5.59. The van der Waals surface area contributed by atoms with Crippen LogP contribution in [0, 0.1) is 12.7 Å². The molecule has 0 amide bonds. The first kappa shape index (κ1) is 13.7. The molecule has 0 atom stereocenters. The Morgan fingerprint density at radius 2 is 2.10 bits per heavy atom. The second-order valence-electron chi connectivity index (χ2n) is 3.85. The summed E-state index contributed by atoms with van der Waals surface area (Å²) >= 11 is 0. The van der Waals surface area contributed by atoms with Gasteiger partial charge in [-0.05, 0) is 25.1 Å². The number of hydrogen-bond acceptors (Lipinski definition) is 5. The molecule has 0 aliphatic heterocycles. The minimum Gasteiger partial charge on any atom is -0.497 e. The highest BCUT2D eigenvalue weighted by molar-refractivity contribution is 5.91. The minimum atomic E-state index is -1.22. The van der Waals surface area contributed by atoms with Crippen molar-refractivity contribution in [3.05, 3.63) is 41.6 Å². The van der Waals surface area contributed by atoms with E-state index in [9.17, 15) is 9.18 Å². The zero-order chi connectivity index (χ0) is 14.7. The normalized spacial score (nSPS) is 10.2. The number of rotatable bonds is 4. The largest absolute Gasteiger partial charge is 0.497 e. The fourth-order valence-corrected chi connectivity index (χ4v) is 1.50. The highest BCUT2D eigenvalue weighted by atomic mass is 19.1. The molecule has 2 aromatic rings. The van der Waals surface area contributed by atoms with Gasteiger partial charge in [-0.3, -0.25) is 0 Å². The lowest BCUT2D eigenvalue weighted by Gasteiger charge is -2.10. The third-order valence-electron chi connectivity index (χ3n) is 2.56. The lowest BCUT2D eigenvalue weighted by Crippen LogP contribution is -2.03. The summed E-state index contributed by atoms with van der Waals surface area (Å²) in [6, 6.07) is 4.16. The van der Waals surface area contributed by atoms with Crippen molar-refractivity contribution in [3.63, 3.8) is 0 Å². The maximum atomic E-state index is 13.7. The summed E-state index contributed by atoms with van der Waals surface area (Å²) in [6.07, 6.45) is 1.14. The first-order chi connectivity index (χ1) is 9.52. The number of aryl methyl sites for hydroxylation is 1. The Labute approximate surface area is 113 Å². The number of methoxy groups -OCH3 is 1. The van der Waals surface area contributed by atoms with Crippen molar-refractivity contribution >= 4 is 5.97 Å². The van der Waals surface area contributed by atoms with Crippen LogP contribution in [-0.2, 0) is 0 Å². The zero-order valence-corrected chi connectivity index (χ0v) is 10.8. The van der Waals surface area contributed by atoms with Gasteiger partial charge in [-0.25, -0.2) is 9.78 Å². The van der Waals surface area contributed by atoms with Crippen LogP contribution in [0.15, 0.2) is 24.5 Å². The summed E-state index contributed by atoms with van der Waals surface area (Å²) in [6.45, 7) is 1.45. The lowest BCUT2D eigenvalue weighted by atomic mass is 10.2. The predicted molar refractivity (Wildman–Crippen MR) is 66.8 cm³/mol. The summed E-state index contributed by atoms with van der Waals surface area (Å²) in [5.41, 5.74) is -0.0413. The van der Waals surface area contributed by atoms with E-state index in [4.69, 9.17) is 14.6 Å². The molecule has 2 rings (SSSR count). The monoisotopic (exact) mass is 278 g/mol. The van der Waals surface area contributed by atoms with Gasteiger partial charge in [-0.2, -0.15) is 9.37 Å². The topological polar surface area (TPSA) is 81.5 Å². The summed E-state index contributed by atoms with van der Waals surface area (Å²) in [5.74, 6) is -1.96. The van der Waals surface area contributed by atoms with Crippen molar-refractivity contribution in [1.82, 2.24) is 9.97 Å². The van der Waals surface area contributed by atoms with Gasteiger partial charge >= 0.3 is 5.97 Å². The molecule has 1 aromatic carbocycles. The molecular weight excluding hydrogens is 267 g/mol. The van der Waals surface area contributed by atoms with E-state index in [1.807, 2.05) is 0 Å². The van der Waals surface area contributed by atoms with Crippen LogP contribution in [0.3, 0.4) is 0 Å². The van der Waals surface area contributed by atoms with Crippen LogP contribution < -0.4 is 9.47 Å². The Kier molecular flexibility index (Phi) is 3.79. The van der Waals surface area contributed by atoms with Crippen LogP contribution in [-0.4, -0.2) is 28.2 Å². The van der Waals surface area contributed by atoms with E-state index in [2.05, 4.69) is 9.97 Å². The summed E-state index contributed by atoms with van der Waals surface area (Å²) in [4.78, 5) is 18.5. The first-order valence-electron chi connectivity index (χ1n) is 5.59. The van der Waals surface area contributed by atoms with E-state index < -0.39 is 11.8 Å². The maximum absolute atomic E-state index is 13.7. The number of aromatic nitrogens is 2. The number of carbonyl (C=O) groups is 1. The minimum absolute atomic E-state index is 0.0321. The molecule has 0 radical (unpaired) electrons.